The number of rotatable bonds is 4. The average Bonchev–Trinajstić information content (AvgIpc) is 3.18. The first-order valence-electron chi connectivity index (χ1n) is 9.08. The lowest BCUT2D eigenvalue weighted by Gasteiger charge is -2.09. The summed E-state index contributed by atoms with van der Waals surface area (Å²) < 4.78 is 45.5. The van der Waals surface area contributed by atoms with Crippen LogP contribution in [0.1, 0.15) is 5.56 Å². The molecule has 0 saturated carbocycles. The first kappa shape index (κ1) is 20.3. The SMILES string of the molecule is COc1cccc(-n2nc(-c3ccc(C(F)(F)F)cc3O)nc2-c2ccccc2O)c1. The topological polar surface area (TPSA) is 80.4 Å². The van der Waals surface area contributed by atoms with Gasteiger partial charge in [-0.25, -0.2) is 9.67 Å². The second-order valence-corrected chi connectivity index (χ2v) is 6.62. The van der Waals surface area contributed by atoms with Gasteiger partial charge in [-0.1, -0.05) is 18.2 Å². The maximum absolute atomic E-state index is 12.9. The molecular formula is C22H16F3N3O3. The number of aromatic nitrogens is 3. The first-order valence-corrected chi connectivity index (χ1v) is 9.08. The normalized spacial score (nSPS) is 11.5. The highest BCUT2D eigenvalue weighted by atomic mass is 19.4. The number of halogens is 3. The minimum Gasteiger partial charge on any atom is -0.507 e. The highest BCUT2D eigenvalue weighted by Gasteiger charge is 2.31. The van der Waals surface area contributed by atoms with E-state index in [2.05, 4.69) is 10.1 Å². The molecule has 4 aromatic rings. The molecule has 1 heterocycles. The van der Waals surface area contributed by atoms with Crippen LogP contribution in [0.25, 0.3) is 28.5 Å². The van der Waals surface area contributed by atoms with E-state index in [-0.39, 0.29) is 23.0 Å². The lowest BCUT2D eigenvalue weighted by atomic mass is 10.1. The molecule has 0 aliphatic carbocycles. The standard InChI is InChI=1S/C22H16F3N3O3/c1-31-15-6-4-5-14(12-15)28-21(17-7-2-3-8-18(17)29)26-20(27-28)16-10-9-13(11-19(16)30)22(23,24)25/h2-12,29-30H,1H3. The monoisotopic (exact) mass is 427 g/mol. The largest absolute Gasteiger partial charge is 0.507 e. The van der Waals surface area contributed by atoms with E-state index < -0.39 is 17.5 Å². The van der Waals surface area contributed by atoms with Crippen molar-refractivity contribution in [1.82, 2.24) is 14.8 Å². The highest BCUT2D eigenvalue weighted by Crippen LogP contribution is 2.37. The van der Waals surface area contributed by atoms with Crippen molar-refractivity contribution >= 4 is 0 Å². The number of methoxy groups -OCH3 is 1. The molecule has 0 aliphatic rings. The molecule has 158 valence electrons. The van der Waals surface area contributed by atoms with Crippen molar-refractivity contribution < 1.29 is 28.1 Å². The number of nitrogens with zero attached hydrogens (tertiary/aromatic N) is 3. The number of phenols is 2. The van der Waals surface area contributed by atoms with Crippen molar-refractivity contribution in [3.8, 4) is 45.7 Å². The smallest absolute Gasteiger partial charge is 0.416 e. The average molecular weight is 427 g/mol. The summed E-state index contributed by atoms with van der Waals surface area (Å²) in [6, 6.07) is 15.9. The molecule has 0 unspecified atom stereocenters. The van der Waals surface area contributed by atoms with Crippen LogP contribution in [0.3, 0.4) is 0 Å². The van der Waals surface area contributed by atoms with Crippen LogP contribution in [0.5, 0.6) is 17.2 Å². The molecule has 0 saturated heterocycles. The molecular weight excluding hydrogens is 411 g/mol. The fourth-order valence-electron chi connectivity index (χ4n) is 3.08. The number of hydrogen-bond donors (Lipinski definition) is 2. The number of hydrogen-bond acceptors (Lipinski definition) is 5. The van der Waals surface area contributed by atoms with Gasteiger partial charge in [0.25, 0.3) is 0 Å². The third-order valence-corrected chi connectivity index (χ3v) is 4.62. The van der Waals surface area contributed by atoms with Crippen LogP contribution in [0, 0.1) is 0 Å². The Bertz CT molecular complexity index is 1250. The van der Waals surface area contributed by atoms with Crippen LogP contribution in [0.2, 0.25) is 0 Å². The zero-order valence-electron chi connectivity index (χ0n) is 16.1. The number of ether oxygens (including phenoxy) is 1. The van der Waals surface area contributed by atoms with Gasteiger partial charge < -0.3 is 14.9 Å². The first-order chi connectivity index (χ1) is 14.8. The molecule has 0 radical (unpaired) electrons. The summed E-state index contributed by atoms with van der Waals surface area (Å²) in [7, 11) is 1.51. The third-order valence-electron chi connectivity index (χ3n) is 4.62. The van der Waals surface area contributed by atoms with Crippen LogP contribution in [0.4, 0.5) is 13.2 Å². The van der Waals surface area contributed by atoms with Gasteiger partial charge in [-0.3, -0.25) is 0 Å². The van der Waals surface area contributed by atoms with E-state index >= 15 is 0 Å². The van der Waals surface area contributed by atoms with Gasteiger partial charge in [0, 0.05) is 6.07 Å². The predicted molar refractivity (Wildman–Crippen MR) is 107 cm³/mol. The Morgan fingerprint density at radius 1 is 0.871 bits per heavy atom. The predicted octanol–water partition coefficient (Wildman–Crippen LogP) is 5.04. The van der Waals surface area contributed by atoms with Gasteiger partial charge in [-0.05, 0) is 42.5 Å². The molecule has 0 aliphatic heterocycles. The van der Waals surface area contributed by atoms with Crippen LogP contribution in [0.15, 0.2) is 66.7 Å². The van der Waals surface area contributed by atoms with Gasteiger partial charge in [0.1, 0.15) is 17.2 Å². The zero-order valence-corrected chi connectivity index (χ0v) is 16.1. The molecule has 4 rings (SSSR count). The maximum Gasteiger partial charge on any atom is 0.416 e. The highest BCUT2D eigenvalue weighted by molar-refractivity contribution is 5.71. The Morgan fingerprint density at radius 2 is 1.65 bits per heavy atom. The Balaban J connectivity index is 1.91. The van der Waals surface area contributed by atoms with Crippen LogP contribution in [-0.2, 0) is 6.18 Å². The fraction of sp³-hybridized carbons (Fsp3) is 0.0909. The van der Waals surface area contributed by atoms with E-state index in [0.29, 0.717) is 23.1 Å². The molecule has 0 atom stereocenters. The second-order valence-electron chi connectivity index (χ2n) is 6.62. The number of para-hydroxylation sites is 1. The van der Waals surface area contributed by atoms with Crippen LogP contribution in [-0.4, -0.2) is 32.1 Å². The van der Waals surface area contributed by atoms with Crippen LogP contribution < -0.4 is 4.74 Å². The summed E-state index contributed by atoms with van der Waals surface area (Å²) in [5.74, 6) is 0.117. The Kier molecular flexibility index (Phi) is 5.02. The van der Waals surface area contributed by atoms with Crippen molar-refractivity contribution in [3.05, 3.63) is 72.3 Å². The van der Waals surface area contributed by atoms with E-state index in [1.165, 1.54) is 17.9 Å². The third kappa shape index (κ3) is 3.89. The van der Waals surface area contributed by atoms with Gasteiger partial charge in [-0.2, -0.15) is 13.2 Å². The van der Waals surface area contributed by atoms with Crippen molar-refractivity contribution in [2.75, 3.05) is 7.11 Å². The number of aromatic hydroxyl groups is 2. The molecule has 9 heteroatoms. The minimum atomic E-state index is -4.59. The summed E-state index contributed by atoms with van der Waals surface area (Å²) in [6.45, 7) is 0. The Morgan fingerprint density at radius 3 is 2.32 bits per heavy atom. The van der Waals surface area contributed by atoms with E-state index in [4.69, 9.17) is 4.74 Å². The number of phenolic OH excluding ortho intramolecular Hbond substituents is 2. The maximum atomic E-state index is 12.9. The summed E-state index contributed by atoms with van der Waals surface area (Å²) >= 11 is 0. The van der Waals surface area contributed by atoms with E-state index in [1.54, 1.807) is 42.5 Å². The van der Waals surface area contributed by atoms with Crippen LogP contribution >= 0.6 is 0 Å². The molecule has 0 fully saturated rings. The molecule has 0 spiro atoms. The van der Waals surface area contributed by atoms with Gasteiger partial charge in [0.15, 0.2) is 11.6 Å². The Labute approximate surface area is 174 Å². The van der Waals surface area contributed by atoms with E-state index in [0.717, 1.165) is 12.1 Å². The quantitative estimate of drug-likeness (QED) is 0.477. The molecule has 3 aromatic carbocycles. The molecule has 31 heavy (non-hydrogen) atoms. The second kappa shape index (κ2) is 7.67. The fourth-order valence-corrected chi connectivity index (χ4v) is 3.08. The van der Waals surface area contributed by atoms with E-state index in [1.807, 2.05) is 0 Å². The summed E-state index contributed by atoms with van der Waals surface area (Å²) in [6.07, 6.45) is -4.59. The molecule has 6 nitrogen and oxygen atoms in total. The van der Waals surface area contributed by atoms with E-state index in [9.17, 15) is 23.4 Å². The number of benzene rings is 3. The molecule has 0 bridgehead atoms. The molecule has 2 N–H and O–H groups in total. The van der Waals surface area contributed by atoms with Gasteiger partial charge >= 0.3 is 6.18 Å². The van der Waals surface area contributed by atoms with Gasteiger partial charge in [0.2, 0.25) is 0 Å². The zero-order chi connectivity index (χ0) is 22.2. The van der Waals surface area contributed by atoms with Crippen molar-refractivity contribution in [1.29, 1.82) is 0 Å². The van der Waals surface area contributed by atoms with Crippen molar-refractivity contribution in [2.45, 2.75) is 6.18 Å². The summed E-state index contributed by atoms with van der Waals surface area (Å²) in [4.78, 5) is 4.41. The van der Waals surface area contributed by atoms with Crippen molar-refractivity contribution in [3.63, 3.8) is 0 Å². The molecule has 1 aromatic heterocycles. The summed E-state index contributed by atoms with van der Waals surface area (Å²) in [5.41, 5.74) is -0.0635. The Hall–Kier alpha value is -4.01. The lowest BCUT2D eigenvalue weighted by molar-refractivity contribution is -0.137. The van der Waals surface area contributed by atoms with Gasteiger partial charge in [0.05, 0.1) is 29.5 Å². The lowest BCUT2D eigenvalue weighted by Crippen LogP contribution is -2.04. The number of alkyl halides is 3. The van der Waals surface area contributed by atoms with Crippen molar-refractivity contribution in [2.24, 2.45) is 0 Å². The summed E-state index contributed by atoms with van der Waals surface area (Å²) in [5, 5.41) is 24.9. The molecule has 0 amide bonds. The van der Waals surface area contributed by atoms with Gasteiger partial charge in [-0.15, -0.1) is 5.10 Å². The minimum absolute atomic E-state index is 0.00713.